The topological polar surface area (TPSA) is 92.8 Å². The fourth-order valence-corrected chi connectivity index (χ4v) is 0.476. The number of rotatable bonds is 2. The van der Waals surface area contributed by atoms with Crippen molar-refractivity contribution < 1.29 is 0 Å². The van der Waals surface area contributed by atoms with Gasteiger partial charge in [-0.15, -0.1) is 5.10 Å². The molecule has 0 radical (unpaired) electrons. The predicted molar refractivity (Wildman–Crippen MR) is 43.5 cm³/mol. The Kier molecular flexibility index (Phi) is 2.73. The molecule has 0 saturated carbocycles. The molecule has 11 heavy (non-hydrogen) atoms. The van der Waals surface area contributed by atoms with Crippen LogP contribution in [0.25, 0.3) is 0 Å². The van der Waals surface area contributed by atoms with Crippen LogP contribution in [0.5, 0.6) is 0 Å². The fourth-order valence-electron chi connectivity index (χ4n) is 0.374. The van der Waals surface area contributed by atoms with Crippen LogP contribution in [0.3, 0.4) is 0 Å². The molecular formula is C4H5BrN6. The summed E-state index contributed by atoms with van der Waals surface area (Å²) in [6.07, 6.45) is 2.84. The van der Waals surface area contributed by atoms with Crippen LogP contribution in [0.15, 0.2) is 15.7 Å². The lowest BCUT2D eigenvalue weighted by Gasteiger charge is -1.81. The number of H-pyrrole nitrogens is 1. The minimum atomic E-state index is 0.267. The second-order valence-corrected chi connectivity index (χ2v) is 2.44. The highest BCUT2D eigenvalue weighted by molar-refractivity contribution is 9.12. The van der Waals surface area contributed by atoms with Crippen molar-refractivity contribution in [1.82, 2.24) is 20.6 Å². The largest absolute Gasteiger partial charge is 0.404 e. The van der Waals surface area contributed by atoms with Gasteiger partial charge in [-0.1, -0.05) is 5.10 Å². The van der Waals surface area contributed by atoms with E-state index in [1.165, 1.54) is 12.4 Å². The molecule has 58 valence electrons. The van der Waals surface area contributed by atoms with Crippen molar-refractivity contribution in [3.8, 4) is 0 Å². The molecular weight excluding hydrogens is 212 g/mol. The van der Waals surface area contributed by atoms with Crippen LogP contribution < -0.4 is 5.73 Å². The number of hydrogen-bond acceptors (Lipinski definition) is 5. The van der Waals surface area contributed by atoms with Crippen LogP contribution in [0.4, 0.5) is 5.95 Å². The molecule has 0 amide bonds. The highest BCUT2D eigenvalue weighted by Crippen LogP contribution is 2.01. The van der Waals surface area contributed by atoms with Crippen molar-refractivity contribution in [2.45, 2.75) is 0 Å². The molecule has 0 unspecified atom stereocenters. The SMILES string of the molecule is NC=C(Br)C=Nc1nn[nH]n1. The van der Waals surface area contributed by atoms with E-state index in [1.54, 1.807) is 0 Å². The maximum absolute atomic E-state index is 5.15. The fraction of sp³-hybridized carbons (Fsp3) is 0. The van der Waals surface area contributed by atoms with Crippen molar-refractivity contribution in [2.75, 3.05) is 0 Å². The lowest BCUT2D eigenvalue weighted by molar-refractivity contribution is 0.881. The normalized spacial score (nSPS) is 12.6. The zero-order chi connectivity index (χ0) is 8.10. The Morgan fingerprint density at radius 2 is 2.55 bits per heavy atom. The summed E-state index contributed by atoms with van der Waals surface area (Å²) in [5, 5.41) is 12.7. The van der Waals surface area contributed by atoms with Gasteiger partial charge < -0.3 is 5.73 Å². The molecule has 1 aromatic rings. The van der Waals surface area contributed by atoms with Gasteiger partial charge in [0.15, 0.2) is 0 Å². The van der Waals surface area contributed by atoms with E-state index < -0.39 is 0 Å². The molecule has 3 N–H and O–H groups in total. The summed E-state index contributed by atoms with van der Waals surface area (Å²) in [5.74, 6) is 0.267. The minimum absolute atomic E-state index is 0.267. The van der Waals surface area contributed by atoms with Crippen molar-refractivity contribution in [3.63, 3.8) is 0 Å². The average Bonchev–Trinajstić information content (AvgIpc) is 2.52. The van der Waals surface area contributed by atoms with Crippen LogP contribution in [-0.4, -0.2) is 26.8 Å². The number of aliphatic imine (C=N–C) groups is 1. The maximum atomic E-state index is 5.15. The lowest BCUT2D eigenvalue weighted by atomic mass is 10.7. The number of nitrogens with zero attached hydrogens (tertiary/aromatic N) is 4. The Bertz CT molecular complexity index is 262. The summed E-state index contributed by atoms with van der Waals surface area (Å²) in [5.41, 5.74) is 5.15. The van der Waals surface area contributed by atoms with Crippen LogP contribution >= 0.6 is 15.9 Å². The number of nitrogens with two attached hydrogens (primary N) is 1. The molecule has 0 aliphatic carbocycles. The Balaban J connectivity index is 2.63. The standard InChI is InChI=1S/C4H5BrN6/c5-3(1-6)2-7-4-8-10-11-9-4/h1-2H,6H2,(H,8,9,10,11). The molecule has 0 aliphatic rings. The number of aromatic amines is 1. The maximum Gasteiger partial charge on any atom is 0.288 e. The van der Waals surface area contributed by atoms with E-state index in [9.17, 15) is 0 Å². The van der Waals surface area contributed by atoms with E-state index in [-0.39, 0.29) is 5.95 Å². The van der Waals surface area contributed by atoms with Gasteiger partial charge in [0.1, 0.15) is 0 Å². The van der Waals surface area contributed by atoms with Crippen LogP contribution in [0.2, 0.25) is 0 Å². The monoisotopic (exact) mass is 216 g/mol. The molecule has 0 fully saturated rings. The first kappa shape index (κ1) is 7.86. The first-order chi connectivity index (χ1) is 5.33. The zero-order valence-corrected chi connectivity index (χ0v) is 6.98. The number of halogens is 1. The van der Waals surface area contributed by atoms with Crippen LogP contribution in [0, 0.1) is 0 Å². The molecule has 1 rings (SSSR count). The number of hydrogen-bond donors (Lipinski definition) is 2. The van der Waals surface area contributed by atoms with E-state index in [1.807, 2.05) is 0 Å². The van der Waals surface area contributed by atoms with Gasteiger partial charge in [0.2, 0.25) is 0 Å². The van der Waals surface area contributed by atoms with Crippen LogP contribution in [-0.2, 0) is 0 Å². The highest BCUT2D eigenvalue weighted by atomic mass is 79.9. The Morgan fingerprint density at radius 3 is 3.09 bits per heavy atom. The third kappa shape index (κ3) is 2.46. The minimum Gasteiger partial charge on any atom is -0.404 e. The lowest BCUT2D eigenvalue weighted by Crippen LogP contribution is -1.82. The molecule has 0 atom stereocenters. The molecule has 1 heterocycles. The second kappa shape index (κ2) is 3.81. The van der Waals surface area contributed by atoms with Gasteiger partial charge in [-0.2, -0.15) is 5.21 Å². The van der Waals surface area contributed by atoms with Gasteiger partial charge in [0, 0.05) is 12.4 Å². The van der Waals surface area contributed by atoms with Crippen molar-refractivity contribution in [1.29, 1.82) is 0 Å². The molecule has 0 saturated heterocycles. The predicted octanol–water partition coefficient (Wildman–Crippen LogP) is 0.0970. The van der Waals surface area contributed by atoms with E-state index in [0.29, 0.717) is 4.48 Å². The Hall–Kier alpha value is -1.24. The van der Waals surface area contributed by atoms with Crippen molar-refractivity contribution in [2.24, 2.45) is 10.7 Å². The Morgan fingerprint density at radius 1 is 1.73 bits per heavy atom. The molecule has 0 bridgehead atoms. The number of nitrogens with one attached hydrogen (secondary N) is 1. The first-order valence-electron chi connectivity index (χ1n) is 2.68. The molecule has 0 spiro atoms. The summed E-state index contributed by atoms with van der Waals surface area (Å²) < 4.78 is 0.655. The second-order valence-electron chi connectivity index (χ2n) is 1.52. The number of tetrazole rings is 1. The van der Waals surface area contributed by atoms with E-state index >= 15 is 0 Å². The summed E-state index contributed by atoms with van der Waals surface area (Å²) in [6.45, 7) is 0. The smallest absolute Gasteiger partial charge is 0.288 e. The van der Waals surface area contributed by atoms with Crippen LogP contribution in [0.1, 0.15) is 0 Å². The van der Waals surface area contributed by atoms with Gasteiger partial charge in [0.25, 0.3) is 5.95 Å². The van der Waals surface area contributed by atoms with Gasteiger partial charge in [-0.25, -0.2) is 4.99 Å². The summed E-state index contributed by atoms with van der Waals surface area (Å²) in [4.78, 5) is 3.80. The Labute approximate surface area is 70.7 Å². The van der Waals surface area contributed by atoms with Crippen molar-refractivity contribution >= 4 is 28.1 Å². The highest BCUT2D eigenvalue weighted by Gasteiger charge is 1.90. The third-order valence-electron chi connectivity index (χ3n) is 0.797. The van der Waals surface area contributed by atoms with Gasteiger partial charge >= 0.3 is 0 Å². The van der Waals surface area contributed by atoms with Crippen molar-refractivity contribution in [3.05, 3.63) is 10.7 Å². The molecule has 0 aromatic carbocycles. The summed E-state index contributed by atoms with van der Waals surface area (Å²) in [7, 11) is 0. The summed E-state index contributed by atoms with van der Waals surface area (Å²) in [6, 6.07) is 0. The molecule has 0 aliphatic heterocycles. The quantitative estimate of drug-likeness (QED) is 0.686. The van der Waals surface area contributed by atoms with Gasteiger partial charge in [-0.3, -0.25) is 0 Å². The van der Waals surface area contributed by atoms with Gasteiger partial charge in [0.05, 0.1) is 4.48 Å². The zero-order valence-electron chi connectivity index (χ0n) is 5.40. The number of allylic oxidation sites excluding steroid dienone is 1. The molecule has 7 heteroatoms. The summed E-state index contributed by atoms with van der Waals surface area (Å²) >= 11 is 3.12. The van der Waals surface area contributed by atoms with Gasteiger partial charge in [-0.05, 0) is 21.1 Å². The third-order valence-corrected chi connectivity index (χ3v) is 1.27. The average molecular weight is 217 g/mol. The van der Waals surface area contributed by atoms with E-state index in [0.717, 1.165) is 0 Å². The first-order valence-corrected chi connectivity index (χ1v) is 3.47. The molecule has 6 nitrogen and oxygen atoms in total. The number of aromatic nitrogens is 4. The molecule has 1 aromatic heterocycles. The van der Waals surface area contributed by atoms with E-state index in [4.69, 9.17) is 5.73 Å². The van der Waals surface area contributed by atoms with E-state index in [2.05, 4.69) is 41.5 Å².